The second-order valence-electron chi connectivity index (χ2n) is 6.35. The SMILES string of the molecule is CCC1CCC(N(C)C(=O)COC2CCNCC2)CC1. The maximum Gasteiger partial charge on any atom is 0.248 e. The summed E-state index contributed by atoms with van der Waals surface area (Å²) in [4.78, 5) is 14.2. The Hall–Kier alpha value is -0.610. The van der Waals surface area contributed by atoms with E-state index in [-0.39, 0.29) is 18.6 Å². The van der Waals surface area contributed by atoms with Crippen LogP contribution >= 0.6 is 0 Å². The summed E-state index contributed by atoms with van der Waals surface area (Å²) in [6, 6.07) is 0.432. The van der Waals surface area contributed by atoms with Crippen LogP contribution in [0.25, 0.3) is 0 Å². The van der Waals surface area contributed by atoms with E-state index >= 15 is 0 Å². The van der Waals surface area contributed by atoms with Gasteiger partial charge in [0.15, 0.2) is 0 Å². The summed E-state index contributed by atoms with van der Waals surface area (Å²) in [5.41, 5.74) is 0. The molecule has 20 heavy (non-hydrogen) atoms. The molecule has 1 saturated carbocycles. The van der Waals surface area contributed by atoms with E-state index in [9.17, 15) is 4.79 Å². The van der Waals surface area contributed by atoms with Gasteiger partial charge >= 0.3 is 0 Å². The molecule has 1 aliphatic heterocycles. The summed E-state index contributed by atoms with van der Waals surface area (Å²) >= 11 is 0. The molecule has 4 heteroatoms. The molecule has 1 amide bonds. The van der Waals surface area contributed by atoms with E-state index in [1.165, 1.54) is 19.3 Å². The molecule has 116 valence electrons. The number of carbonyl (C=O) groups excluding carboxylic acids is 1. The zero-order chi connectivity index (χ0) is 14.4. The van der Waals surface area contributed by atoms with Gasteiger partial charge in [0.05, 0.1) is 6.10 Å². The summed E-state index contributed by atoms with van der Waals surface area (Å²) in [7, 11) is 1.95. The highest BCUT2D eigenvalue weighted by molar-refractivity contribution is 5.77. The van der Waals surface area contributed by atoms with Crippen molar-refractivity contribution < 1.29 is 9.53 Å². The quantitative estimate of drug-likeness (QED) is 0.840. The van der Waals surface area contributed by atoms with Crippen LogP contribution in [0.2, 0.25) is 0 Å². The molecule has 0 aromatic carbocycles. The van der Waals surface area contributed by atoms with Gasteiger partial charge in [-0.3, -0.25) is 4.79 Å². The number of hydrogen-bond donors (Lipinski definition) is 1. The Morgan fingerprint density at radius 1 is 1.15 bits per heavy atom. The minimum absolute atomic E-state index is 0.156. The molecule has 4 nitrogen and oxygen atoms in total. The van der Waals surface area contributed by atoms with Crippen LogP contribution in [0.4, 0.5) is 0 Å². The first-order valence-corrected chi connectivity index (χ1v) is 8.28. The highest BCUT2D eigenvalue weighted by Crippen LogP contribution is 2.29. The molecule has 0 aromatic rings. The van der Waals surface area contributed by atoms with Crippen molar-refractivity contribution in [2.24, 2.45) is 5.92 Å². The predicted octanol–water partition coefficient (Wildman–Crippen LogP) is 2.18. The number of hydrogen-bond acceptors (Lipinski definition) is 3. The smallest absolute Gasteiger partial charge is 0.248 e. The lowest BCUT2D eigenvalue weighted by atomic mass is 9.84. The topological polar surface area (TPSA) is 41.6 Å². The molecule has 0 spiro atoms. The van der Waals surface area contributed by atoms with Crippen LogP contribution in [0.15, 0.2) is 0 Å². The van der Waals surface area contributed by atoms with Crippen molar-refractivity contribution >= 4 is 5.91 Å². The standard InChI is InChI=1S/C16H30N2O2/c1-3-13-4-6-14(7-5-13)18(2)16(19)12-20-15-8-10-17-11-9-15/h13-15,17H,3-12H2,1-2H3. The number of nitrogens with one attached hydrogen (secondary N) is 1. The maximum atomic E-state index is 12.2. The fourth-order valence-corrected chi connectivity index (χ4v) is 3.40. The van der Waals surface area contributed by atoms with Crippen molar-refractivity contribution in [3.05, 3.63) is 0 Å². The van der Waals surface area contributed by atoms with E-state index in [0.717, 1.165) is 44.7 Å². The molecule has 0 bridgehead atoms. The summed E-state index contributed by atoms with van der Waals surface area (Å²) in [6.45, 7) is 4.55. The van der Waals surface area contributed by atoms with Crippen molar-refractivity contribution in [3.63, 3.8) is 0 Å². The molecule has 0 radical (unpaired) electrons. The van der Waals surface area contributed by atoms with Gasteiger partial charge in [0.25, 0.3) is 0 Å². The zero-order valence-corrected chi connectivity index (χ0v) is 13.1. The van der Waals surface area contributed by atoms with Gasteiger partial charge < -0.3 is 15.0 Å². The Morgan fingerprint density at radius 2 is 1.80 bits per heavy atom. The van der Waals surface area contributed by atoms with Crippen LogP contribution in [0.1, 0.15) is 51.9 Å². The van der Waals surface area contributed by atoms with E-state index in [1.54, 1.807) is 0 Å². The van der Waals surface area contributed by atoms with Gasteiger partial charge in [-0.25, -0.2) is 0 Å². The first-order valence-electron chi connectivity index (χ1n) is 8.28. The molecule has 1 N–H and O–H groups in total. The molecule has 1 saturated heterocycles. The molecule has 1 heterocycles. The predicted molar refractivity (Wildman–Crippen MR) is 80.7 cm³/mol. The van der Waals surface area contributed by atoms with Crippen LogP contribution in [-0.4, -0.2) is 49.7 Å². The number of rotatable bonds is 5. The molecule has 0 atom stereocenters. The Morgan fingerprint density at radius 3 is 2.40 bits per heavy atom. The molecule has 0 aromatic heterocycles. The molecule has 2 aliphatic rings. The van der Waals surface area contributed by atoms with Crippen molar-refractivity contribution in [1.29, 1.82) is 0 Å². The number of nitrogens with zero attached hydrogens (tertiary/aromatic N) is 1. The lowest BCUT2D eigenvalue weighted by Gasteiger charge is -2.34. The number of ether oxygens (including phenoxy) is 1. The third-order valence-electron chi connectivity index (χ3n) is 5.06. The minimum Gasteiger partial charge on any atom is -0.368 e. The second-order valence-corrected chi connectivity index (χ2v) is 6.35. The van der Waals surface area contributed by atoms with Crippen LogP contribution in [0, 0.1) is 5.92 Å². The van der Waals surface area contributed by atoms with E-state index < -0.39 is 0 Å². The lowest BCUT2D eigenvalue weighted by Crippen LogP contribution is -2.42. The van der Waals surface area contributed by atoms with E-state index in [4.69, 9.17) is 4.74 Å². The molecular formula is C16H30N2O2. The summed E-state index contributed by atoms with van der Waals surface area (Å²) < 4.78 is 5.77. The Kier molecular flexibility index (Phi) is 6.30. The zero-order valence-electron chi connectivity index (χ0n) is 13.1. The number of piperidine rings is 1. The minimum atomic E-state index is 0.156. The van der Waals surface area contributed by atoms with Crippen LogP contribution < -0.4 is 5.32 Å². The number of amides is 1. The van der Waals surface area contributed by atoms with Crippen molar-refractivity contribution in [2.45, 2.75) is 64.0 Å². The lowest BCUT2D eigenvalue weighted by molar-refractivity contribution is -0.140. The second kappa shape index (κ2) is 7.99. The Balaban J connectivity index is 1.69. The molecule has 2 fully saturated rings. The monoisotopic (exact) mass is 282 g/mol. The van der Waals surface area contributed by atoms with E-state index in [0.29, 0.717) is 6.04 Å². The van der Waals surface area contributed by atoms with Crippen LogP contribution in [-0.2, 0) is 9.53 Å². The third kappa shape index (κ3) is 4.45. The first-order chi connectivity index (χ1) is 9.70. The van der Waals surface area contributed by atoms with Crippen LogP contribution in [0.3, 0.4) is 0 Å². The fourth-order valence-electron chi connectivity index (χ4n) is 3.40. The summed E-state index contributed by atoms with van der Waals surface area (Å²) in [5, 5.41) is 3.31. The van der Waals surface area contributed by atoms with Gasteiger partial charge in [-0.2, -0.15) is 0 Å². The van der Waals surface area contributed by atoms with Gasteiger partial charge in [-0.05, 0) is 57.5 Å². The molecule has 0 unspecified atom stereocenters. The van der Waals surface area contributed by atoms with E-state index in [2.05, 4.69) is 12.2 Å². The Labute approximate surface area is 123 Å². The van der Waals surface area contributed by atoms with Gasteiger partial charge in [0.1, 0.15) is 6.61 Å². The highest BCUT2D eigenvalue weighted by atomic mass is 16.5. The van der Waals surface area contributed by atoms with Crippen molar-refractivity contribution in [2.75, 3.05) is 26.7 Å². The fraction of sp³-hybridized carbons (Fsp3) is 0.938. The largest absolute Gasteiger partial charge is 0.368 e. The maximum absolute atomic E-state index is 12.2. The number of likely N-dealkylation sites (N-methyl/N-ethyl adjacent to an activating group) is 1. The first kappa shape index (κ1) is 15.8. The molecular weight excluding hydrogens is 252 g/mol. The molecule has 2 rings (SSSR count). The third-order valence-corrected chi connectivity index (χ3v) is 5.06. The number of carbonyl (C=O) groups is 1. The van der Waals surface area contributed by atoms with Gasteiger partial charge in [0, 0.05) is 13.1 Å². The highest BCUT2D eigenvalue weighted by Gasteiger charge is 2.26. The summed E-state index contributed by atoms with van der Waals surface area (Å²) in [5.74, 6) is 1.03. The summed E-state index contributed by atoms with van der Waals surface area (Å²) in [6.07, 6.45) is 8.47. The van der Waals surface area contributed by atoms with Gasteiger partial charge in [-0.1, -0.05) is 13.3 Å². The molecule has 1 aliphatic carbocycles. The normalized spacial score (nSPS) is 28.3. The van der Waals surface area contributed by atoms with Gasteiger partial charge in [0.2, 0.25) is 5.91 Å². The average molecular weight is 282 g/mol. The average Bonchev–Trinajstić information content (AvgIpc) is 2.53. The Bertz CT molecular complexity index is 295. The van der Waals surface area contributed by atoms with E-state index in [1.807, 2.05) is 11.9 Å². The van der Waals surface area contributed by atoms with Crippen molar-refractivity contribution in [3.8, 4) is 0 Å². The van der Waals surface area contributed by atoms with Crippen LogP contribution in [0.5, 0.6) is 0 Å². The van der Waals surface area contributed by atoms with Gasteiger partial charge in [-0.15, -0.1) is 0 Å². The van der Waals surface area contributed by atoms with Crippen molar-refractivity contribution in [1.82, 2.24) is 10.2 Å².